The molecule has 1 fully saturated rings. The van der Waals surface area contributed by atoms with Crippen molar-refractivity contribution < 1.29 is 48.2 Å². The number of nitrogens with one attached hydrogen (secondary N) is 8. The number of nitrogen functional groups attached to an aromatic ring is 1. The van der Waals surface area contributed by atoms with Gasteiger partial charge in [-0.3, -0.25) is 38.4 Å². The molecule has 3 aliphatic rings. The fraction of sp³-hybridized carbons (Fsp3) is 0.561. The van der Waals surface area contributed by atoms with Gasteiger partial charge in [-0.05, 0) is 47.9 Å². The highest BCUT2D eigenvalue weighted by Gasteiger charge is 2.44. The lowest BCUT2D eigenvalue weighted by Crippen LogP contribution is -2.60. The lowest BCUT2D eigenvalue weighted by Gasteiger charge is -2.31. The number of rotatable bonds is 9. The molecule has 0 saturated carbocycles. The predicted molar refractivity (Wildman–Crippen MR) is 229 cm³/mol. The quantitative estimate of drug-likeness (QED) is 0.0795. The topological polar surface area (TPSA) is 295 Å². The molecule has 0 aliphatic carbocycles. The number of fused-ring (bicyclic) bond motifs is 3. The Kier molecular flexibility index (Phi) is 15.9. The SMILES string of the molecule is CC[C@H](C)[C@@H]1NC(=O)[C@@H]2C[C@@H](O)CN2C(=O)[C@H](CC(=O)OC)NC(=O)[C@@H]2C=C(NCC(=O)N2)[C@H]([C@@H](C)CC)NC(=O)CNC(=O)[C@H](Cc2c(SC)[nH]c3ccc(N)cc23)NC1=O. The van der Waals surface area contributed by atoms with Crippen LogP contribution in [0.5, 0.6) is 0 Å². The number of anilines is 1. The molecule has 3 aliphatic heterocycles. The number of H-pyrrole nitrogens is 1. The van der Waals surface area contributed by atoms with Crippen molar-refractivity contribution in [1.29, 1.82) is 0 Å². The predicted octanol–water partition coefficient (Wildman–Crippen LogP) is -1.33. The van der Waals surface area contributed by atoms with Crippen molar-refractivity contribution in [3.8, 4) is 0 Å². The average Bonchev–Trinajstić information content (AvgIpc) is 3.74. The zero-order valence-corrected chi connectivity index (χ0v) is 36.5. The first-order chi connectivity index (χ1) is 29.5. The van der Waals surface area contributed by atoms with Crippen molar-refractivity contribution in [3.05, 3.63) is 35.5 Å². The van der Waals surface area contributed by atoms with E-state index >= 15 is 0 Å². The number of hydrogen-bond acceptors (Lipinski definition) is 13. The van der Waals surface area contributed by atoms with Gasteiger partial charge in [0.05, 0.1) is 43.8 Å². The van der Waals surface area contributed by atoms with E-state index in [4.69, 9.17) is 10.5 Å². The monoisotopic (exact) mass is 882 g/mol. The number of carbonyl (C=O) groups is 8. The number of aliphatic hydroxyl groups is 1. The first-order valence-electron chi connectivity index (χ1n) is 20.7. The second-order valence-electron chi connectivity index (χ2n) is 16.0. The van der Waals surface area contributed by atoms with Gasteiger partial charge in [0.2, 0.25) is 41.4 Å². The number of hydrogen-bond donors (Lipinski definition) is 10. The van der Waals surface area contributed by atoms with Crippen LogP contribution in [0.1, 0.15) is 58.9 Å². The molecular weight excluding hydrogens is 825 g/mol. The van der Waals surface area contributed by atoms with Crippen LogP contribution in [0.3, 0.4) is 0 Å². The fourth-order valence-electron chi connectivity index (χ4n) is 7.78. The highest BCUT2D eigenvalue weighted by molar-refractivity contribution is 7.98. The summed E-state index contributed by atoms with van der Waals surface area (Å²) in [5.41, 5.74) is 8.36. The van der Waals surface area contributed by atoms with Gasteiger partial charge in [-0.15, -0.1) is 11.8 Å². The van der Waals surface area contributed by atoms with E-state index in [1.165, 1.54) is 17.8 Å². The van der Waals surface area contributed by atoms with E-state index in [0.717, 1.165) is 27.9 Å². The number of nitrogens with zero attached hydrogens (tertiary/aromatic N) is 1. The number of aromatic nitrogens is 1. The van der Waals surface area contributed by atoms with Crippen LogP contribution in [0.15, 0.2) is 35.0 Å². The average molecular weight is 883 g/mol. The van der Waals surface area contributed by atoms with Gasteiger partial charge in [-0.1, -0.05) is 40.5 Å². The molecule has 21 heteroatoms. The second kappa shape index (κ2) is 20.8. The van der Waals surface area contributed by atoms with Gasteiger partial charge in [-0.2, -0.15) is 0 Å². The molecule has 62 heavy (non-hydrogen) atoms. The van der Waals surface area contributed by atoms with Gasteiger partial charge in [0.1, 0.15) is 30.2 Å². The summed E-state index contributed by atoms with van der Waals surface area (Å²) in [7, 11) is 1.10. The Balaban J connectivity index is 1.60. The van der Waals surface area contributed by atoms with Crippen molar-refractivity contribution in [2.75, 3.05) is 38.7 Å². The minimum atomic E-state index is -1.61. The molecule has 0 unspecified atom stereocenters. The molecular formula is C41H58N10O10S. The molecule has 1 aromatic heterocycles. The third-order valence-electron chi connectivity index (χ3n) is 11.7. The number of nitrogens with two attached hydrogens (primary N) is 1. The Morgan fingerprint density at radius 2 is 1.53 bits per heavy atom. The van der Waals surface area contributed by atoms with Crippen molar-refractivity contribution in [1.82, 2.24) is 47.1 Å². The minimum absolute atomic E-state index is 0.0472. The summed E-state index contributed by atoms with van der Waals surface area (Å²) in [5, 5.41) is 31.5. The standard InChI is InChI=1S/C41H58N10O10S/c1-7-19(3)34-26-14-28(45-31(53)16-43-26)37(57)47-29(15-33(55)61-5)41(60)51-18-22(52)12-30(51)38(58)50-35(20(4)8-2)39(59)46-27(36(56)44-17-32(54)49-34)13-24-23-11-21(42)9-10-25(23)48-40(24)62-6/h9-11,14,19-20,22,27-30,34-35,43,48,52H,7-8,12-13,15-18,42H2,1-6H3,(H,44,56)(H,45,53)(H,46,59)(H,47,57)(H,49,54)(H,50,58)/t19-,20-,22+,27-,28-,29-,30-,34-,35-/m0/s1. The molecule has 2 aromatic rings. The summed E-state index contributed by atoms with van der Waals surface area (Å²) in [4.78, 5) is 115. The molecule has 20 nitrogen and oxygen atoms in total. The van der Waals surface area contributed by atoms with Crippen LogP contribution >= 0.6 is 11.8 Å². The third kappa shape index (κ3) is 11.2. The highest BCUT2D eigenvalue weighted by atomic mass is 32.2. The zero-order valence-electron chi connectivity index (χ0n) is 35.7. The van der Waals surface area contributed by atoms with E-state index in [1.54, 1.807) is 32.0 Å². The van der Waals surface area contributed by atoms with Crippen LogP contribution in [-0.4, -0.2) is 138 Å². The fourth-order valence-corrected chi connectivity index (χ4v) is 8.43. The number of ether oxygens (including phenoxy) is 1. The molecule has 0 radical (unpaired) electrons. The Morgan fingerprint density at radius 1 is 0.871 bits per heavy atom. The largest absolute Gasteiger partial charge is 0.469 e. The van der Waals surface area contributed by atoms with E-state index in [0.29, 0.717) is 29.8 Å². The van der Waals surface area contributed by atoms with Crippen LogP contribution in [-0.2, 0) is 49.5 Å². The first-order valence-corrected chi connectivity index (χ1v) is 21.9. The van der Waals surface area contributed by atoms with Crippen LogP contribution in [0.4, 0.5) is 5.69 Å². The number of carbonyl (C=O) groups excluding carboxylic acids is 8. The molecule has 1 saturated heterocycles. The van der Waals surface area contributed by atoms with Gasteiger partial charge in [-0.25, -0.2) is 0 Å². The maximum Gasteiger partial charge on any atom is 0.308 e. The van der Waals surface area contributed by atoms with Gasteiger partial charge in [0.25, 0.3) is 0 Å². The number of methoxy groups -OCH3 is 1. The molecule has 5 rings (SSSR count). The summed E-state index contributed by atoms with van der Waals surface area (Å²) in [5.74, 6) is -6.88. The molecule has 4 heterocycles. The van der Waals surface area contributed by atoms with Crippen LogP contribution in [0.25, 0.3) is 10.9 Å². The van der Waals surface area contributed by atoms with E-state index in [9.17, 15) is 43.5 Å². The Labute approximate surface area is 363 Å². The Hall–Kier alpha value is -5.83. The zero-order chi connectivity index (χ0) is 45.4. The third-order valence-corrected chi connectivity index (χ3v) is 12.5. The van der Waals surface area contributed by atoms with Crippen LogP contribution < -0.4 is 43.0 Å². The van der Waals surface area contributed by atoms with Gasteiger partial charge in [0.15, 0.2) is 0 Å². The van der Waals surface area contributed by atoms with Crippen LogP contribution in [0, 0.1) is 11.8 Å². The second-order valence-corrected chi connectivity index (χ2v) is 16.8. The summed E-state index contributed by atoms with van der Waals surface area (Å²) < 4.78 is 4.82. The summed E-state index contributed by atoms with van der Waals surface area (Å²) in [6.07, 6.45) is 2.06. The van der Waals surface area contributed by atoms with E-state index in [1.807, 2.05) is 20.1 Å². The number of aromatic amines is 1. The maximum absolute atomic E-state index is 14.4. The number of aliphatic hydroxyl groups excluding tert-OH is 1. The van der Waals surface area contributed by atoms with Crippen molar-refractivity contribution >= 4 is 75.7 Å². The van der Waals surface area contributed by atoms with Gasteiger partial charge >= 0.3 is 5.97 Å². The number of amides is 7. The van der Waals surface area contributed by atoms with Gasteiger partial charge < -0.3 is 62.7 Å². The van der Waals surface area contributed by atoms with Crippen LogP contribution in [0.2, 0.25) is 0 Å². The minimum Gasteiger partial charge on any atom is -0.469 e. The molecule has 9 atom stereocenters. The Bertz CT molecular complexity index is 2090. The van der Waals surface area contributed by atoms with E-state index < -0.39 is 109 Å². The lowest BCUT2D eigenvalue weighted by atomic mass is 9.94. The molecule has 338 valence electrons. The summed E-state index contributed by atoms with van der Waals surface area (Å²) >= 11 is 1.39. The normalized spacial score (nSPS) is 26.8. The Morgan fingerprint density at radius 3 is 2.21 bits per heavy atom. The number of thioether (sulfide) groups is 1. The lowest BCUT2D eigenvalue weighted by molar-refractivity contribution is -0.148. The number of benzene rings is 1. The van der Waals surface area contributed by atoms with Crippen molar-refractivity contribution in [2.45, 2.75) is 107 Å². The van der Waals surface area contributed by atoms with Crippen molar-refractivity contribution in [2.24, 2.45) is 11.8 Å². The van der Waals surface area contributed by atoms with E-state index in [2.05, 4.69) is 42.2 Å². The molecule has 11 N–H and O–H groups in total. The molecule has 1 aromatic carbocycles. The maximum atomic E-state index is 14.4. The first kappa shape index (κ1) is 47.2. The number of esters is 1. The summed E-state index contributed by atoms with van der Waals surface area (Å²) in [6.45, 7) is 6.12. The summed E-state index contributed by atoms with van der Waals surface area (Å²) in [6, 6.07) is -2.40. The smallest absolute Gasteiger partial charge is 0.308 e. The van der Waals surface area contributed by atoms with Gasteiger partial charge in [0, 0.05) is 41.7 Å². The highest BCUT2D eigenvalue weighted by Crippen LogP contribution is 2.31. The van der Waals surface area contributed by atoms with E-state index in [-0.39, 0.29) is 31.8 Å². The molecule has 7 amide bonds. The molecule has 2 bridgehead atoms. The molecule has 0 spiro atoms. The van der Waals surface area contributed by atoms with Crippen molar-refractivity contribution in [3.63, 3.8) is 0 Å².